The minimum Gasteiger partial charge on any atom is -0.496 e. The summed E-state index contributed by atoms with van der Waals surface area (Å²) in [4.78, 5) is 14.5. The van der Waals surface area contributed by atoms with Crippen LogP contribution in [0.4, 0.5) is 0 Å². The zero-order chi connectivity index (χ0) is 16.3. The van der Waals surface area contributed by atoms with Crippen molar-refractivity contribution in [3.63, 3.8) is 0 Å². The van der Waals surface area contributed by atoms with Crippen LogP contribution in [-0.2, 0) is 4.79 Å². The Hall–Kier alpha value is -1.55. The SMILES string of the molecule is COc1ccccc1C1CCN(C(=O)CC2(O)CCCCC2)C1. The minimum absolute atomic E-state index is 0.104. The number of methoxy groups -OCH3 is 1. The number of hydrogen-bond acceptors (Lipinski definition) is 3. The second kappa shape index (κ2) is 6.91. The summed E-state index contributed by atoms with van der Waals surface area (Å²) in [7, 11) is 1.69. The van der Waals surface area contributed by atoms with E-state index in [-0.39, 0.29) is 12.3 Å². The zero-order valence-corrected chi connectivity index (χ0v) is 14.0. The molecule has 1 N–H and O–H groups in total. The highest BCUT2D eigenvalue weighted by Crippen LogP contribution is 2.35. The monoisotopic (exact) mass is 317 g/mol. The molecule has 1 saturated heterocycles. The molecule has 4 heteroatoms. The fourth-order valence-corrected chi connectivity index (χ4v) is 4.02. The largest absolute Gasteiger partial charge is 0.496 e. The zero-order valence-electron chi connectivity index (χ0n) is 14.0. The first-order valence-corrected chi connectivity index (χ1v) is 8.74. The lowest BCUT2D eigenvalue weighted by molar-refractivity contribution is -0.136. The van der Waals surface area contributed by atoms with Gasteiger partial charge in [-0.15, -0.1) is 0 Å². The maximum Gasteiger partial charge on any atom is 0.225 e. The molecule has 1 aliphatic heterocycles. The lowest BCUT2D eigenvalue weighted by atomic mass is 9.82. The Kier molecular flexibility index (Phi) is 4.90. The number of rotatable bonds is 4. The number of ether oxygens (including phenoxy) is 1. The summed E-state index contributed by atoms with van der Waals surface area (Å²) in [5, 5.41) is 10.6. The Balaban J connectivity index is 1.62. The van der Waals surface area contributed by atoms with Gasteiger partial charge in [-0.2, -0.15) is 0 Å². The Morgan fingerprint density at radius 2 is 2.04 bits per heavy atom. The number of hydrogen-bond donors (Lipinski definition) is 1. The predicted molar refractivity (Wildman–Crippen MR) is 89.6 cm³/mol. The number of nitrogens with zero attached hydrogens (tertiary/aromatic N) is 1. The number of carbonyl (C=O) groups is 1. The fraction of sp³-hybridized carbons (Fsp3) is 0.632. The number of aliphatic hydroxyl groups is 1. The lowest BCUT2D eigenvalue weighted by Crippen LogP contribution is -2.39. The Labute approximate surface area is 138 Å². The normalized spacial score (nSPS) is 23.7. The Morgan fingerprint density at radius 1 is 1.30 bits per heavy atom. The third kappa shape index (κ3) is 3.69. The number of para-hydroxylation sites is 1. The smallest absolute Gasteiger partial charge is 0.225 e. The molecular weight excluding hydrogens is 290 g/mol. The van der Waals surface area contributed by atoms with E-state index in [9.17, 15) is 9.90 Å². The van der Waals surface area contributed by atoms with Gasteiger partial charge >= 0.3 is 0 Å². The molecule has 0 bridgehead atoms. The van der Waals surface area contributed by atoms with Gasteiger partial charge in [0.1, 0.15) is 5.75 Å². The van der Waals surface area contributed by atoms with Gasteiger partial charge in [0.05, 0.1) is 19.1 Å². The van der Waals surface area contributed by atoms with Gasteiger partial charge in [0.2, 0.25) is 5.91 Å². The molecule has 4 nitrogen and oxygen atoms in total. The Bertz CT molecular complexity index is 551. The van der Waals surface area contributed by atoms with Crippen molar-refractivity contribution in [2.24, 2.45) is 0 Å². The minimum atomic E-state index is -0.766. The van der Waals surface area contributed by atoms with Crippen LogP contribution in [0.3, 0.4) is 0 Å². The topological polar surface area (TPSA) is 49.8 Å². The predicted octanol–water partition coefficient (Wildman–Crippen LogP) is 3.10. The molecule has 2 fully saturated rings. The lowest BCUT2D eigenvalue weighted by Gasteiger charge is -2.32. The van der Waals surface area contributed by atoms with E-state index in [1.54, 1.807) is 7.11 Å². The molecule has 3 rings (SSSR count). The maximum atomic E-state index is 12.6. The third-order valence-electron chi connectivity index (χ3n) is 5.38. The van der Waals surface area contributed by atoms with Crippen LogP contribution in [0.1, 0.15) is 56.4 Å². The van der Waals surface area contributed by atoms with Crippen LogP contribution < -0.4 is 4.74 Å². The Morgan fingerprint density at radius 3 is 2.78 bits per heavy atom. The van der Waals surface area contributed by atoms with E-state index in [4.69, 9.17) is 4.74 Å². The van der Waals surface area contributed by atoms with Crippen LogP contribution in [0.2, 0.25) is 0 Å². The van der Waals surface area contributed by atoms with E-state index in [1.165, 1.54) is 12.0 Å². The van der Waals surface area contributed by atoms with E-state index in [0.29, 0.717) is 5.92 Å². The van der Waals surface area contributed by atoms with Crippen molar-refractivity contribution in [2.45, 2.75) is 56.5 Å². The standard InChI is InChI=1S/C19H27NO3/c1-23-17-8-4-3-7-16(17)15-9-12-20(14-15)18(21)13-19(22)10-5-2-6-11-19/h3-4,7-8,15,22H,2,5-6,9-14H2,1H3. The first-order valence-electron chi connectivity index (χ1n) is 8.74. The van der Waals surface area contributed by atoms with Crippen molar-refractivity contribution in [1.82, 2.24) is 4.90 Å². The van der Waals surface area contributed by atoms with E-state index >= 15 is 0 Å². The van der Waals surface area contributed by atoms with Crippen molar-refractivity contribution in [3.8, 4) is 5.75 Å². The second-order valence-corrected chi connectivity index (χ2v) is 7.03. The molecule has 1 aliphatic carbocycles. The fourth-order valence-electron chi connectivity index (χ4n) is 4.02. The molecule has 0 radical (unpaired) electrons. The van der Waals surface area contributed by atoms with Gasteiger partial charge in [0, 0.05) is 19.0 Å². The van der Waals surface area contributed by atoms with Gasteiger partial charge in [-0.3, -0.25) is 4.79 Å². The van der Waals surface area contributed by atoms with Crippen molar-refractivity contribution >= 4 is 5.91 Å². The summed E-state index contributed by atoms with van der Waals surface area (Å²) in [6.45, 7) is 1.51. The van der Waals surface area contributed by atoms with Crippen molar-refractivity contribution in [3.05, 3.63) is 29.8 Å². The first-order chi connectivity index (χ1) is 11.1. The molecule has 1 aromatic carbocycles. The molecule has 1 heterocycles. The summed E-state index contributed by atoms with van der Waals surface area (Å²) >= 11 is 0. The summed E-state index contributed by atoms with van der Waals surface area (Å²) < 4.78 is 5.45. The quantitative estimate of drug-likeness (QED) is 0.928. The number of likely N-dealkylation sites (tertiary alicyclic amines) is 1. The average molecular weight is 317 g/mol. The maximum absolute atomic E-state index is 12.6. The van der Waals surface area contributed by atoms with Crippen LogP contribution in [0, 0.1) is 0 Å². The molecule has 1 saturated carbocycles. The van der Waals surface area contributed by atoms with Crippen molar-refractivity contribution < 1.29 is 14.6 Å². The van der Waals surface area contributed by atoms with Gasteiger partial charge in [-0.25, -0.2) is 0 Å². The number of benzene rings is 1. The molecule has 1 unspecified atom stereocenters. The van der Waals surface area contributed by atoms with Crippen LogP contribution in [-0.4, -0.2) is 41.7 Å². The van der Waals surface area contributed by atoms with Gasteiger partial charge in [0.15, 0.2) is 0 Å². The second-order valence-electron chi connectivity index (χ2n) is 7.03. The first kappa shape index (κ1) is 16.3. The van der Waals surface area contributed by atoms with Crippen LogP contribution in [0.5, 0.6) is 5.75 Å². The van der Waals surface area contributed by atoms with Crippen LogP contribution in [0.15, 0.2) is 24.3 Å². The molecule has 1 atom stereocenters. The molecule has 0 aromatic heterocycles. The van der Waals surface area contributed by atoms with E-state index in [1.807, 2.05) is 23.1 Å². The summed E-state index contributed by atoms with van der Waals surface area (Å²) in [5.41, 5.74) is 0.416. The number of carbonyl (C=O) groups excluding carboxylic acids is 1. The van der Waals surface area contributed by atoms with E-state index < -0.39 is 5.60 Å². The summed E-state index contributed by atoms with van der Waals surface area (Å²) in [6.07, 6.45) is 6.03. The molecule has 0 spiro atoms. The average Bonchev–Trinajstić information content (AvgIpc) is 3.05. The molecule has 1 aromatic rings. The van der Waals surface area contributed by atoms with Gasteiger partial charge < -0.3 is 14.7 Å². The summed E-state index contributed by atoms with van der Waals surface area (Å²) in [5.74, 6) is 1.33. The highest BCUT2D eigenvalue weighted by atomic mass is 16.5. The molecule has 126 valence electrons. The van der Waals surface area contributed by atoms with Crippen LogP contribution in [0.25, 0.3) is 0 Å². The highest BCUT2D eigenvalue weighted by Gasteiger charge is 2.36. The van der Waals surface area contributed by atoms with Crippen molar-refractivity contribution in [2.75, 3.05) is 20.2 Å². The molecule has 23 heavy (non-hydrogen) atoms. The van der Waals surface area contributed by atoms with Crippen LogP contribution >= 0.6 is 0 Å². The molecule has 1 amide bonds. The highest BCUT2D eigenvalue weighted by molar-refractivity contribution is 5.77. The number of amides is 1. The van der Waals surface area contributed by atoms with E-state index in [2.05, 4.69) is 6.07 Å². The third-order valence-corrected chi connectivity index (χ3v) is 5.38. The van der Waals surface area contributed by atoms with Gasteiger partial charge in [-0.05, 0) is 30.9 Å². The van der Waals surface area contributed by atoms with Gasteiger partial charge in [-0.1, -0.05) is 37.5 Å². The molecule has 2 aliphatic rings. The van der Waals surface area contributed by atoms with Gasteiger partial charge in [0.25, 0.3) is 0 Å². The molecular formula is C19H27NO3. The summed E-state index contributed by atoms with van der Waals surface area (Å²) in [6, 6.07) is 8.06. The van der Waals surface area contributed by atoms with E-state index in [0.717, 1.165) is 50.9 Å². The van der Waals surface area contributed by atoms with Crippen molar-refractivity contribution in [1.29, 1.82) is 0 Å².